The molecule has 0 aromatic heterocycles. The maximum absolute atomic E-state index is 11.0. The summed E-state index contributed by atoms with van der Waals surface area (Å²) in [6, 6.07) is 4.82. The molecule has 0 spiro atoms. The summed E-state index contributed by atoms with van der Waals surface area (Å²) in [5, 5.41) is 1.06. The highest BCUT2D eigenvalue weighted by molar-refractivity contribution is 6.34. The molecule has 90 valence electrons. The van der Waals surface area contributed by atoms with Gasteiger partial charge in [0.05, 0.1) is 12.1 Å². The quantitative estimate of drug-likeness (QED) is 0.778. The van der Waals surface area contributed by atoms with Crippen LogP contribution in [0.3, 0.4) is 0 Å². The smallest absolute Gasteiger partial charge is 0.444 e. The van der Waals surface area contributed by atoms with Crippen LogP contribution in [-0.4, -0.2) is 19.0 Å². The zero-order valence-electron chi connectivity index (χ0n) is 8.60. The molecule has 17 heavy (non-hydrogen) atoms. The van der Waals surface area contributed by atoms with Gasteiger partial charge in [0.1, 0.15) is 5.75 Å². The summed E-state index contributed by atoms with van der Waals surface area (Å²) in [5.41, 5.74) is 2.33. The number of benzene rings is 1. The van der Waals surface area contributed by atoms with Crippen molar-refractivity contribution >= 4 is 29.2 Å². The molecule has 1 heterocycles. The van der Waals surface area contributed by atoms with E-state index in [0.717, 1.165) is 5.17 Å². The van der Waals surface area contributed by atoms with E-state index >= 15 is 0 Å². The van der Waals surface area contributed by atoms with Gasteiger partial charge in [0, 0.05) is 0 Å². The molecule has 0 radical (unpaired) electrons. The number of hydrazine groups is 1. The minimum atomic E-state index is -1.16. The monoisotopic (exact) mass is 258 g/mol. The van der Waals surface area contributed by atoms with Gasteiger partial charge in [-0.3, -0.25) is 0 Å². The second-order valence-corrected chi connectivity index (χ2v) is 3.35. The SMILES string of the molecule is COc1cccc(Cl)c1N1NOC(=O)C(=O)O1. The number of hydrogen-bond donors (Lipinski definition) is 1. The average molecular weight is 259 g/mol. The van der Waals surface area contributed by atoms with E-state index in [1.54, 1.807) is 18.2 Å². The molecule has 1 aromatic rings. The van der Waals surface area contributed by atoms with E-state index in [9.17, 15) is 9.59 Å². The summed E-state index contributed by atoms with van der Waals surface area (Å²) in [5.74, 6) is -1.96. The molecule has 1 aliphatic rings. The van der Waals surface area contributed by atoms with Crippen molar-refractivity contribution in [2.45, 2.75) is 0 Å². The third kappa shape index (κ3) is 2.10. The molecular weight excluding hydrogens is 252 g/mol. The Morgan fingerprint density at radius 3 is 2.76 bits per heavy atom. The number of carbonyl (C=O) groups is 2. The second-order valence-electron chi connectivity index (χ2n) is 2.94. The predicted octanol–water partition coefficient (Wildman–Crippen LogP) is 0.590. The zero-order chi connectivity index (χ0) is 12.4. The maximum atomic E-state index is 11.0. The molecule has 8 heteroatoms. The first kappa shape index (κ1) is 11.5. The molecule has 0 aliphatic carbocycles. The molecule has 0 bridgehead atoms. The Morgan fingerprint density at radius 2 is 2.12 bits per heavy atom. The van der Waals surface area contributed by atoms with Crippen molar-refractivity contribution in [3.05, 3.63) is 23.2 Å². The molecule has 1 N–H and O–H groups in total. The first-order valence-electron chi connectivity index (χ1n) is 4.45. The molecule has 7 nitrogen and oxygen atoms in total. The van der Waals surface area contributed by atoms with E-state index in [-0.39, 0.29) is 10.7 Å². The Hall–Kier alpha value is -1.99. The minimum absolute atomic E-state index is 0.220. The average Bonchev–Trinajstić information content (AvgIpc) is 2.32. The first-order chi connectivity index (χ1) is 8.13. The maximum Gasteiger partial charge on any atom is 0.444 e. The third-order valence-electron chi connectivity index (χ3n) is 1.93. The van der Waals surface area contributed by atoms with Crippen LogP contribution < -0.4 is 15.5 Å². The van der Waals surface area contributed by atoms with Crippen LogP contribution in [0.5, 0.6) is 5.75 Å². The standard InChI is InChI=1S/C9H7ClN2O5/c1-15-6-4-2-3-5(10)7(6)12-11-16-8(13)9(14)17-12/h2-4,11H,1H3. The first-order valence-corrected chi connectivity index (χ1v) is 4.82. The Kier molecular flexibility index (Phi) is 3.03. The van der Waals surface area contributed by atoms with Gasteiger partial charge >= 0.3 is 11.9 Å². The Morgan fingerprint density at radius 1 is 1.35 bits per heavy atom. The van der Waals surface area contributed by atoms with Crippen molar-refractivity contribution in [2.75, 3.05) is 12.3 Å². The molecule has 2 rings (SSSR count). The van der Waals surface area contributed by atoms with Crippen molar-refractivity contribution in [3.63, 3.8) is 0 Å². The Bertz CT molecular complexity index is 478. The molecule has 1 aliphatic heterocycles. The number of rotatable bonds is 2. The van der Waals surface area contributed by atoms with E-state index in [1.807, 2.05) is 0 Å². The summed E-state index contributed by atoms with van der Waals surface area (Å²) < 4.78 is 5.04. The lowest BCUT2D eigenvalue weighted by Crippen LogP contribution is -2.49. The molecule has 1 fully saturated rings. The molecule has 0 amide bonds. The third-order valence-corrected chi connectivity index (χ3v) is 2.24. The lowest BCUT2D eigenvalue weighted by atomic mass is 10.3. The fraction of sp³-hybridized carbons (Fsp3) is 0.111. The van der Waals surface area contributed by atoms with E-state index in [0.29, 0.717) is 5.75 Å². The highest BCUT2D eigenvalue weighted by atomic mass is 35.5. The van der Waals surface area contributed by atoms with Crippen LogP contribution in [0.1, 0.15) is 0 Å². The van der Waals surface area contributed by atoms with Crippen molar-refractivity contribution in [1.82, 2.24) is 5.59 Å². The van der Waals surface area contributed by atoms with Gasteiger partial charge < -0.3 is 14.4 Å². The van der Waals surface area contributed by atoms with Crippen molar-refractivity contribution in [1.29, 1.82) is 0 Å². The van der Waals surface area contributed by atoms with Crippen LogP contribution in [0.25, 0.3) is 0 Å². The number of anilines is 1. The lowest BCUT2D eigenvalue weighted by Gasteiger charge is -2.26. The van der Waals surface area contributed by atoms with Gasteiger partial charge in [-0.05, 0) is 17.7 Å². The number of nitrogens with one attached hydrogen (secondary N) is 1. The highest BCUT2D eigenvalue weighted by Gasteiger charge is 2.31. The summed E-state index contributed by atoms with van der Waals surface area (Å²) in [4.78, 5) is 30.8. The van der Waals surface area contributed by atoms with Crippen LogP contribution in [-0.2, 0) is 19.3 Å². The summed E-state index contributed by atoms with van der Waals surface area (Å²) in [6.45, 7) is 0. The lowest BCUT2D eigenvalue weighted by molar-refractivity contribution is -0.192. The number of para-hydroxylation sites is 1. The molecule has 0 atom stereocenters. The number of halogens is 1. The van der Waals surface area contributed by atoms with Crippen LogP contribution in [0.2, 0.25) is 5.02 Å². The summed E-state index contributed by atoms with van der Waals surface area (Å²) in [6.07, 6.45) is 0. The van der Waals surface area contributed by atoms with E-state index in [4.69, 9.17) is 16.3 Å². The van der Waals surface area contributed by atoms with Gasteiger partial charge in [-0.2, -0.15) is 0 Å². The van der Waals surface area contributed by atoms with Crippen molar-refractivity contribution in [3.8, 4) is 5.75 Å². The van der Waals surface area contributed by atoms with Crippen LogP contribution >= 0.6 is 11.6 Å². The molecule has 0 unspecified atom stereocenters. The largest absolute Gasteiger partial charge is 0.494 e. The van der Waals surface area contributed by atoms with Crippen molar-refractivity contribution < 1.29 is 24.0 Å². The zero-order valence-corrected chi connectivity index (χ0v) is 9.35. The summed E-state index contributed by atoms with van der Waals surface area (Å²) in [7, 11) is 1.42. The Balaban J connectivity index is 2.34. The number of hydrogen-bond acceptors (Lipinski definition) is 7. The predicted molar refractivity (Wildman–Crippen MR) is 55.8 cm³/mol. The van der Waals surface area contributed by atoms with Gasteiger partial charge in [0.25, 0.3) is 0 Å². The fourth-order valence-electron chi connectivity index (χ4n) is 1.21. The van der Waals surface area contributed by atoms with Gasteiger partial charge in [-0.15, -0.1) is 0 Å². The van der Waals surface area contributed by atoms with Crippen LogP contribution in [0, 0.1) is 0 Å². The number of methoxy groups -OCH3 is 1. The number of carbonyl (C=O) groups excluding carboxylic acids is 2. The molecule has 0 saturated carbocycles. The highest BCUT2D eigenvalue weighted by Crippen LogP contribution is 2.35. The van der Waals surface area contributed by atoms with Crippen LogP contribution in [0.4, 0.5) is 5.69 Å². The van der Waals surface area contributed by atoms with Gasteiger partial charge in [0.2, 0.25) is 0 Å². The van der Waals surface area contributed by atoms with Crippen LogP contribution in [0.15, 0.2) is 18.2 Å². The number of nitrogens with zero attached hydrogens (tertiary/aromatic N) is 1. The fourth-order valence-corrected chi connectivity index (χ4v) is 1.45. The van der Waals surface area contributed by atoms with E-state index in [2.05, 4.69) is 15.3 Å². The molecule has 1 aromatic carbocycles. The molecular formula is C9H7ClN2O5. The topological polar surface area (TPSA) is 77.1 Å². The Labute approximate surface area is 101 Å². The molecule has 1 saturated heterocycles. The minimum Gasteiger partial charge on any atom is -0.494 e. The van der Waals surface area contributed by atoms with E-state index < -0.39 is 11.9 Å². The van der Waals surface area contributed by atoms with Gasteiger partial charge in [-0.1, -0.05) is 22.8 Å². The second kappa shape index (κ2) is 4.48. The van der Waals surface area contributed by atoms with Gasteiger partial charge in [0.15, 0.2) is 5.69 Å². The van der Waals surface area contributed by atoms with Gasteiger partial charge in [-0.25, -0.2) is 9.59 Å². The van der Waals surface area contributed by atoms with Crippen molar-refractivity contribution in [2.24, 2.45) is 0 Å². The number of ether oxygens (including phenoxy) is 1. The van der Waals surface area contributed by atoms with E-state index in [1.165, 1.54) is 7.11 Å². The summed E-state index contributed by atoms with van der Waals surface area (Å²) >= 11 is 5.93. The normalized spacial score (nSPS) is 15.3.